The van der Waals surface area contributed by atoms with Gasteiger partial charge in [-0.1, -0.05) is 13.8 Å². The van der Waals surface area contributed by atoms with Crippen LogP contribution >= 0.6 is 0 Å². The smallest absolute Gasteiger partial charge is 0.257 e. The number of sulfonamides is 1. The molecule has 0 aromatic heterocycles. The predicted molar refractivity (Wildman–Crippen MR) is 121 cm³/mol. The molecule has 0 radical (unpaired) electrons. The number of methoxy groups -OCH3 is 1. The third kappa shape index (κ3) is 5.17. The van der Waals surface area contributed by atoms with Gasteiger partial charge in [0.25, 0.3) is 5.91 Å². The average molecular weight is 448 g/mol. The molecule has 0 unspecified atom stereocenters. The fourth-order valence-corrected chi connectivity index (χ4v) is 5.01. The SMILES string of the molecule is CCN(CC)S(=O)(=O)c1ccc(N2CCOCC2)c(C(=O)Nc2ccc(OC)cc2)c1. The first-order valence-electron chi connectivity index (χ1n) is 10.3. The lowest BCUT2D eigenvalue weighted by molar-refractivity contribution is 0.102. The second-order valence-electron chi connectivity index (χ2n) is 7.05. The zero-order valence-corrected chi connectivity index (χ0v) is 18.9. The van der Waals surface area contributed by atoms with Gasteiger partial charge >= 0.3 is 0 Å². The van der Waals surface area contributed by atoms with Gasteiger partial charge in [0.2, 0.25) is 10.0 Å². The summed E-state index contributed by atoms with van der Waals surface area (Å²) in [6.07, 6.45) is 0. The van der Waals surface area contributed by atoms with Gasteiger partial charge in [0.05, 0.1) is 30.8 Å². The van der Waals surface area contributed by atoms with Crippen molar-refractivity contribution in [3.8, 4) is 5.75 Å². The Bertz CT molecular complexity index is 998. The highest BCUT2D eigenvalue weighted by molar-refractivity contribution is 7.89. The third-order valence-corrected chi connectivity index (χ3v) is 7.30. The van der Waals surface area contributed by atoms with Crippen LogP contribution in [-0.4, -0.2) is 65.1 Å². The molecule has 1 N–H and O–H groups in total. The second kappa shape index (κ2) is 10.1. The molecule has 1 saturated heterocycles. The number of nitrogens with zero attached hydrogens (tertiary/aromatic N) is 2. The summed E-state index contributed by atoms with van der Waals surface area (Å²) in [5, 5.41) is 2.86. The molecular formula is C22H29N3O5S. The van der Waals surface area contributed by atoms with Crippen LogP contribution in [0.4, 0.5) is 11.4 Å². The number of hydrogen-bond acceptors (Lipinski definition) is 6. The first-order valence-corrected chi connectivity index (χ1v) is 11.8. The van der Waals surface area contributed by atoms with Crippen LogP contribution in [0.15, 0.2) is 47.4 Å². The lowest BCUT2D eigenvalue weighted by atomic mass is 10.1. The van der Waals surface area contributed by atoms with Crippen LogP contribution in [0.25, 0.3) is 0 Å². The van der Waals surface area contributed by atoms with Gasteiger partial charge in [0.1, 0.15) is 5.75 Å². The van der Waals surface area contributed by atoms with Crippen molar-refractivity contribution < 1.29 is 22.7 Å². The Morgan fingerprint density at radius 2 is 1.74 bits per heavy atom. The van der Waals surface area contributed by atoms with Crippen molar-refractivity contribution in [1.29, 1.82) is 0 Å². The summed E-state index contributed by atoms with van der Waals surface area (Å²) in [6.45, 7) is 6.67. The second-order valence-corrected chi connectivity index (χ2v) is 8.99. The minimum atomic E-state index is -3.69. The van der Waals surface area contributed by atoms with E-state index in [-0.39, 0.29) is 10.8 Å². The number of amides is 1. The fraction of sp³-hybridized carbons (Fsp3) is 0.409. The molecule has 0 aliphatic carbocycles. The molecule has 1 amide bonds. The molecule has 0 atom stereocenters. The number of morpholine rings is 1. The molecule has 168 valence electrons. The van der Waals surface area contributed by atoms with E-state index in [1.807, 2.05) is 4.90 Å². The average Bonchev–Trinajstić information content (AvgIpc) is 2.80. The Morgan fingerprint density at radius 1 is 1.10 bits per heavy atom. The maximum Gasteiger partial charge on any atom is 0.257 e. The van der Waals surface area contributed by atoms with Gasteiger partial charge in [-0.2, -0.15) is 4.31 Å². The van der Waals surface area contributed by atoms with E-state index in [0.717, 1.165) is 0 Å². The first kappa shape index (κ1) is 23.1. The van der Waals surface area contributed by atoms with E-state index in [2.05, 4.69) is 5.32 Å². The molecule has 9 heteroatoms. The predicted octanol–water partition coefficient (Wildman–Crippen LogP) is 2.81. The van der Waals surface area contributed by atoms with E-state index < -0.39 is 10.0 Å². The standard InChI is InChI=1S/C22H29N3O5S/c1-4-25(5-2)31(27,28)19-10-11-21(24-12-14-30-15-13-24)20(16-19)22(26)23-17-6-8-18(29-3)9-7-17/h6-11,16H,4-5,12-15H2,1-3H3,(H,23,26). The minimum absolute atomic E-state index is 0.105. The van der Waals surface area contributed by atoms with Crippen molar-refractivity contribution in [3.63, 3.8) is 0 Å². The zero-order valence-electron chi connectivity index (χ0n) is 18.1. The quantitative estimate of drug-likeness (QED) is 0.670. The number of carbonyl (C=O) groups excluding carboxylic acids is 1. The van der Waals surface area contributed by atoms with Crippen molar-refractivity contribution >= 4 is 27.3 Å². The van der Waals surface area contributed by atoms with Crippen molar-refractivity contribution in [3.05, 3.63) is 48.0 Å². The summed E-state index contributed by atoms with van der Waals surface area (Å²) in [5.74, 6) is 0.308. The van der Waals surface area contributed by atoms with Gasteiger partial charge in [-0.05, 0) is 42.5 Å². The van der Waals surface area contributed by atoms with Crippen molar-refractivity contribution in [2.45, 2.75) is 18.7 Å². The van der Waals surface area contributed by atoms with Gasteiger partial charge in [-0.15, -0.1) is 0 Å². The number of ether oxygens (including phenoxy) is 2. The normalized spacial score (nSPS) is 14.5. The number of benzene rings is 2. The van der Waals surface area contributed by atoms with Crippen LogP contribution in [0.3, 0.4) is 0 Å². The number of carbonyl (C=O) groups is 1. The van der Waals surface area contributed by atoms with E-state index >= 15 is 0 Å². The highest BCUT2D eigenvalue weighted by Gasteiger charge is 2.26. The van der Waals surface area contributed by atoms with E-state index in [9.17, 15) is 13.2 Å². The van der Waals surface area contributed by atoms with Crippen LogP contribution in [0, 0.1) is 0 Å². The summed E-state index contributed by atoms with van der Waals surface area (Å²) in [7, 11) is -2.12. The molecule has 2 aromatic carbocycles. The molecule has 3 rings (SSSR count). The molecule has 1 aliphatic heterocycles. The first-order chi connectivity index (χ1) is 14.9. The molecule has 8 nitrogen and oxygen atoms in total. The topological polar surface area (TPSA) is 88.2 Å². The molecule has 1 aliphatic rings. The molecule has 31 heavy (non-hydrogen) atoms. The molecule has 0 spiro atoms. The highest BCUT2D eigenvalue weighted by Crippen LogP contribution is 2.28. The van der Waals surface area contributed by atoms with Crippen molar-refractivity contribution in [1.82, 2.24) is 4.31 Å². The zero-order chi connectivity index (χ0) is 22.4. The van der Waals surface area contributed by atoms with E-state index in [4.69, 9.17) is 9.47 Å². The summed E-state index contributed by atoms with van der Waals surface area (Å²) in [4.78, 5) is 15.4. The summed E-state index contributed by atoms with van der Waals surface area (Å²) in [6, 6.07) is 11.7. The fourth-order valence-electron chi connectivity index (χ4n) is 3.52. The van der Waals surface area contributed by atoms with Crippen LogP contribution in [-0.2, 0) is 14.8 Å². The van der Waals surface area contributed by atoms with Crippen LogP contribution in [0.2, 0.25) is 0 Å². The molecular weight excluding hydrogens is 418 g/mol. The Kier molecular flexibility index (Phi) is 7.53. The molecule has 1 heterocycles. The van der Waals surface area contributed by atoms with E-state index in [1.165, 1.54) is 10.4 Å². The van der Waals surface area contributed by atoms with Crippen LogP contribution in [0.1, 0.15) is 24.2 Å². The lowest BCUT2D eigenvalue weighted by Gasteiger charge is -2.30. The van der Waals surface area contributed by atoms with Crippen molar-refractivity contribution in [2.75, 3.05) is 56.7 Å². The van der Waals surface area contributed by atoms with Gasteiger partial charge in [0, 0.05) is 37.6 Å². The molecule has 2 aromatic rings. The van der Waals surface area contributed by atoms with Gasteiger partial charge in [-0.25, -0.2) is 8.42 Å². The summed E-state index contributed by atoms with van der Waals surface area (Å²) < 4.78 is 38.0. The maximum atomic E-state index is 13.2. The number of anilines is 2. The van der Waals surface area contributed by atoms with Gasteiger partial charge < -0.3 is 19.7 Å². The number of rotatable bonds is 8. The van der Waals surface area contributed by atoms with E-state index in [1.54, 1.807) is 57.4 Å². The maximum absolute atomic E-state index is 13.2. The van der Waals surface area contributed by atoms with Crippen LogP contribution < -0.4 is 15.0 Å². The van der Waals surface area contributed by atoms with Crippen molar-refractivity contribution in [2.24, 2.45) is 0 Å². The van der Waals surface area contributed by atoms with Gasteiger partial charge in [-0.3, -0.25) is 4.79 Å². The lowest BCUT2D eigenvalue weighted by Crippen LogP contribution is -2.37. The Hall–Kier alpha value is -2.62. The Morgan fingerprint density at radius 3 is 2.32 bits per heavy atom. The molecule has 0 bridgehead atoms. The highest BCUT2D eigenvalue weighted by atomic mass is 32.2. The number of nitrogens with one attached hydrogen (secondary N) is 1. The van der Waals surface area contributed by atoms with Crippen LogP contribution in [0.5, 0.6) is 5.75 Å². The Balaban J connectivity index is 1.99. The molecule has 1 fully saturated rings. The van der Waals surface area contributed by atoms with E-state index in [0.29, 0.717) is 62.1 Å². The summed E-state index contributed by atoms with van der Waals surface area (Å²) >= 11 is 0. The Labute approximate surface area is 183 Å². The van der Waals surface area contributed by atoms with Gasteiger partial charge in [0.15, 0.2) is 0 Å². The molecule has 0 saturated carbocycles. The summed E-state index contributed by atoms with van der Waals surface area (Å²) in [5.41, 5.74) is 1.59. The largest absolute Gasteiger partial charge is 0.497 e. The monoisotopic (exact) mass is 447 g/mol. The third-order valence-electron chi connectivity index (χ3n) is 5.26. The minimum Gasteiger partial charge on any atom is -0.497 e. The number of hydrogen-bond donors (Lipinski definition) is 1.